The number of nitrogens with one attached hydrogen (secondary N) is 1. The molecule has 1 aliphatic rings. The summed E-state index contributed by atoms with van der Waals surface area (Å²) in [6, 6.07) is 7.47. The molecule has 0 unspecified atom stereocenters. The normalized spacial score (nSPS) is 21.6. The monoisotopic (exact) mass is 291 g/mol. The molecule has 0 aliphatic heterocycles. The van der Waals surface area contributed by atoms with Gasteiger partial charge in [-0.2, -0.15) is 0 Å². The number of amides is 1. The minimum absolute atomic E-state index is 0.173. The molecule has 0 aromatic heterocycles. The lowest BCUT2D eigenvalue weighted by molar-refractivity contribution is -0.148. The Morgan fingerprint density at radius 2 is 1.90 bits per heavy atom. The van der Waals surface area contributed by atoms with Crippen LogP contribution in [0.2, 0.25) is 0 Å². The fraction of sp³-hybridized carbons (Fsp3) is 0.500. The van der Waals surface area contributed by atoms with Gasteiger partial charge in [0, 0.05) is 12.1 Å². The van der Waals surface area contributed by atoms with Crippen molar-refractivity contribution >= 4 is 11.9 Å². The molecule has 1 aromatic rings. The summed E-state index contributed by atoms with van der Waals surface area (Å²) in [5, 5.41) is 12.1. The highest BCUT2D eigenvalue weighted by Gasteiger charge is 2.35. The van der Waals surface area contributed by atoms with Crippen molar-refractivity contribution in [3.63, 3.8) is 0 Å². The van der Waals surface area contributed by atoms with Crippen molar-refractivity contribution < 1.29 is 19.4 Å². The van der Waals surface area contributed by atoms with Crippen LogP contribution in [0.15, 0.2) is 24.3 Å². The first-order valence-electron chi connectivity index (χ1n) is 7.26. The average Bonchev–Trinajstić information content (AvgIpc) is 2.52. The molecular weight excluding hydrogens is 270 g/mol. The first-order chi connectivity index (χ1) is 10.1. The van der Waals surface area contributed by atoms with Gasteiger partial charge in [-0.3, -0.25) is 9.59 Å². The third-order valence-electron chi connectivity index (χ3n) is 4.07. The Balaban J connectivity index is 1.99. The lowest BCUT2D eigenvalue weighted by Gasteiger charge is -2.27. The van der Waals surface area contributed by atoms with Gasteiger partial charge in [0.05, 0.1) is 18.9 Å². The number of hydrogen-bond donors (Lipinski definition) is 2. The number of aliphatic carboxylic acids is 1. The van der Waals surface area contributed by atoms with Crippen LogP contribution in [0.3, 0.4) is 0 Å². The van der Waals surface area contributed by atoms with Crippen LogP contribution in [0.5, 0.6) is 5.75 Å². The van der Waals surface area contributed by atoms with Crippen molar-refractivity contribution in [3.8, 4) is 5.75 Å². The molecule has 1 aromatic carbocycles. The number of benzene rings is 1. The molecule has 2 rings (SSSR count). The number of methoxy groups -OCH3 is 1. The molecule has 1 amide bonds. The van der Waals surface area contributed by atoms with Crippen LogP contribution in [0.25, 0.3) is 0 Å². The number of carbonyl (C=O) groups excluding carboxylic acids is 1. The molecule has 0 spiro atoms. The van der Waals surface area contributed by atoms with Crippen LogP contribution >= 0.6 is 0 Å². The van der Waals surface area contributed by atoms with Crippen molar-refractivity contribution in [1.29, 1.82) is 0 Å². The van der Waals surface area contributed by atoms with Crippen molar-refractivity contribution in [2.75, 3.05) is 7.11 Å². The maximum Gasteiger partial charge on any atom is 0.307 e. The highest BCUT2D eigenvalue weighted by Crippen LogP contribution is 2.30. The minimum atomic E-state index is -0.868. The van der Waals surface area contributed by atoms with Crippen LogP contribution in [-0.2, 0) is 16.1 Å². The van der Waals surface area contributed by atoms with E-state index in [0.717, 1.165) is 24.2 Å². The number of carbonyl (C=O) groups is 2. The summed E-state index contributed by atoms with van der Waals surface area (Å²) in [4.78, 5) is 23.5. The fourth-order valence-electron chi connectivity index (χ4n) is 2.90. The topological polar surface area (TPSA) is 75.6 Å². The number of carboxylic acid groups (broad SMARTS) is 1. The van der Waals surface area contributed by atoms with Gasteiger partial charge in [-0.05, 0) is 18.9 Å². The van der Waals surface area contributed by atoms with Crippen LogP contribution in [-0.4, -0.2) is 24.1 Å². The van der Waals surface area contributed by atoms with Gasteiger partial charge in [-0.25, -0.2) is 0 Å². The fourth-order valence-corrected chi connectivity index (χ4v) is 2.90. The zero-order valence-corrected chi connectivity index (χ0v) is 12.2. The van der Waals surface area contributed by atoms with Gasteiger partial charge in [0.25, 0.3) is 0 Å². The molecule has 0 radical (unpaired) electrons. The highest BCUT2D eigenvalue weighted by atomic mass is 16.5. The van der Waals surface area contributed by atoms with E-state index in [4.69, 9.17) is 4.74 Å². The molecule has 5 nitrogen and oxygen atoms in total. The lowest BCUT2D eigenvalue weighted by atomic mass is 9.78. The van der Waals surface area contributed by atoms with E-state index >= 15 is 0 Å². The third-order valence-corrected chi connectivity index (χ3v) is 4.07. The second-order valence-electron chi connectivity index (χ2n) is 5.37. The maximum absolute atomic E-state index is 12.3. The first kappa shape index (κ1) is 15.4. The van der Waals surface area contributed by atoms with Crippen LogP contribution in [0, 0.1) is 11.8 Å². The van der Waals surface area contributed by atoms with E-state index in [9.17, 15) is 14.7 Å². The Hall–Kier alpha value is -2.04. The summed E-state index contributed by atoms with van der Waals surface area (Å²) in [5.41, 5.74) is 0.885. The molecule has 114 valence electrons. The van der Waals surface area contributed by atoms with E-state index in [1.807, 2.05) is 24.3 Å². The Morgan fingerprint density at radius 3 is 2.57 bits per heavy atom. The first-order valence-corrected chi connectivity index (χ1v) is 7.26. The molecule has 5 heteroatoms. The summed E-state index contributed by atoms with van der Waals surface area (Å²) in [6.45, 7) is 0.353. The van der Waals surface area contributed by atoms with Gasteiger partial charge in [0.15, 0.2) is 0 Å². The predicted molar refractivity (Wildman–Crippen MR) is 77.9 cm³/mol. The van der Waals surface area contributed by atoms with E-state index in [2.05, 4.69) is 5.32 Å². The van der Waals surface area contributed by atoms with Crippen LogP contribution in [0.1, 0.15) is 31.2 Å². The van der Waals surface area contributed by atoms with Gasteiger partial charge in [0.1, 0.15) is 5.75 Å². The molecule has 21 heavy (non-hydrogen) atoms. The van der Waals surface area contributed by atoms with Crippen molar-refractivity contribution in [2.45, 2.75) is 32.2 Å². The summed E-state index contributed by atoms with van der Waals surface area (Å²) in [5.74, 6) is -1.31. The third kappa shape index (κ3) is 3.74. The molecular formula is C16H21NO4. The Labute approximate surface area is 124 Å². The van der Waals surface area contributed by atoms with Crippen molar-refractivity contribution in [1.82, 2.24) is 5.32 Å². The number of rotatable bonds is 5. The second kappa shape index (κ2) is 7.11. The number of para-hydroxylation sites is 1. The zero-order chi connectivity index (χ0) is 15.2. The minimum Gasteiger partial charge on any atom is -0.496 e. The van der Waals surface area contributed by atoms with E-state index in [1.165, 1.54) is 0 Å². The van der Waals surface area contributed by atoms with E-state index < -0.39 is 17.8 Å². The number of carboxylic acids is 1. The molecule has 0 heterocycles. The van der Waals surface area contributed by atoms with Crippen molar-refractivity contribution in [3.05, 3.63) is 29.8 Å². The van der Waals surface area contributed by atoms with Gasteiger partial charge >= 0.3 is 5.97 Å². The molecule has 0 saturated heterocycles. The maximum atomic E-state index is 12.3. The Bertz CT molecular complexity index is 515. The Morgan fingerprint density at radius 1 is 1.24 bits per heavy atom. The summed E-state index contributed by atoms with van der Waals surface area (Å²) in [6.07, 6.45) is 3.03. The van der Waals surface area contributed by atoms with Gasteiger partial charge < -0.3 is 15.2 Å². The number of hydrogen-bond acceptors (Lipinski definition) is 3. The molecule has 1 fully saturated rings. The van der Waals surface area contributed by atoms with Gasteiger partial charge in [-0.1, -0.05) is 31.0 Å². The van der Waals surface area contributed by atoms with E-state index in [1.54, 1.807) is 7.11 Å². The highest BCUT2D eigenvalue weighted by molar-refractivity contribution is 5.84. The lowest BCUT2D eigenvalue weighted by Crippen LogP contribution is -2.39. The standard InChI is InChI=1S/C16H21NO4/c1-21-14-9-5-2-6-11(14)10-17-15(18)12-7-3-4-8-13(12)16(19)20/h2,5-6,9,12-13H,3-4,7-8,10H2,1H3,(H,17,18)(H,19,20)/t12-,13-/m0/s1. The molecule has 2 N–H and O–H groups in total. The smallest absolute Gasteiger partial charge is 0.307 e. The average molecular weight is 291 g/mol. The van der Waals surface area contributed by atoms with Crippen molar-refractivity contribution in [2.24, 2.45) is 11.8 Å². The SMILES string of the molecule is COc1ccccc1CNC(=O)[C@H]1CCCC[C@@H]1C(=O)O. The quantitative estimate of drug-likeness (QED) is 0.872. The second-order valence-corrected chi connectivity index (χ2v) is 5.37. The summed E-state index contributed by atoms with van der Waals surface area (Å²) < 4.78 is 5.24. The Kier molecular flexibility index (Phi) is 5.20. The van der Waals surface area contributed by atoms with E-state index in [-0.39, 0.29) is 5.91 Å². The van der Waals surface area contributed by atoms with Crippen LogP contribution < -0.4 is 10.1 Å². The molecule has 1 aliphatic carbocycles. The zero-order valence-electron chi connectivity index (χ0n) is 12.2. The number of ether oxygens (including phenoxy) is 1. The predicted octanol–water partition coefficient (Wildman–Crippen LogP) is 2.20. The molecule has 2 atom stereocenters. The summed E-state index contributed by atoms with van der Waals surface area (Å²) in [7, 11) is 1.59. The summed E-state index contributed by atoms with van der Waals surface area (Å²) >= 11 is 0. The van der Waals surface area contributed by atoms with Gasteiger partial charge in [0.2, 0.25) is 5.91 Å². The molecule has 0 bridgehead atoms. The van der Waals surface area contributed by atoms with Crippen LogP contribution in [0.4, 0.5) is 0 Å². The largest absolute Gasteiger partial charge is 0.496 e. The molecule has 1 saturated carbocycles. The van der Waals surface area contributed by atoms with E-state index in [0.29, 0.717) is 19.4 Å². The van der Waals surface area contributed by atoms with Gasteiger partial charge in [-0.15, -0.1) is 0 Å².